The first kappa shape index (κ1) is 17.0. The molecule has 0 fully saturated rings. The molecule has 0 radical (unpaired) electrons. The molecule has 26 heavy (non-hydrogen) atoms. The normalized spacial score (nSPS) is 12.0. The van der Waals surface area contributed by atoms with Crippen LogP contribution in [0.1, 0.15) is 16.1 Å². The molecule has 2 aromatic carbocycles. The number of benzene rings is 2. The lowest BCUT2D eigenvalue weighted by Crippen LogP contribution is -2.05. The van der Waals surface area contributed by atoms with Crippen LogP contribution in [0.5, 0.6) is 0 Å². The second kappa shape index (κ2) is 6.37. The summed E-state index contributed by atoms with van der Waals surface area (Å²) in [5.41, 5.74) is 0.566. The molecular weight excluding hydrogens is 385 g/mol. The molecule has 0 unspecified atom stereocenters. The molecule has 0 amide bonds. The zero-order valence-electron chi connectivity index (χ0n) is 13.0. The van der Waals surface area contributed by atoms with Crippen molar-refractivity contribution in [2.75, 3.05) is 0 Å². The minimum atomic E-state index is -4.42. The predicted molar refractivity (Wildman–Crippen MR) is 93.4 cm³/mol. The maximum absolute atomic E-state index is 12.9. The molecule has 132 valence electrons. The predicted octanol–water partition coefficient (Wildman–Crippen LogP) is 5.12. The highest BCUT2D eigenvalue weighted by atomic mass is 35.5. The van der Waals surface area contributed by atoms with Crippen molar-refractivity contribution in [1.82, 2.24) is 19.8 Å². The van der Waals surface area contributed by atoms with Crippen LogP contribution in [0, 0.1) is 0 Å². The third-order valence-corrected chi connectivity index (χ3v) is 4.86. The molecule has 0 atom stereocenters. The van der Waals surface area contributed by atoms with Gasteiger partial charge in [0.1, 0.15) is 5.01 Å². The van der Waals surface area contributed by atoms with Crippen molar-refractivity contribution in [3.05, 3.63) is 69.7 Å². The van der Waals surface area contributed by atoms with E-state index in [-0.39, 0.29) is 5.82 Å². The van der Waals surface area contributed by atoms with Crippen molar-refractivity contribution in [3.8, 4) is 11.4 Å². The first-order valence-electron chi connectivity index (χ1n) is 7.53. The van der Waals surface area contributed by atoms with Crippen LogP contribution in [0.15, 0.2) is 48.5 Å². The lowest BCUT2D eigenvalue weighted by atomic mass is 10.1. The Morgan fingerprint density at radius 3 is 2.62 bits per heavy atom. The standard InChI is InChI=1S/C17H10ClF3N4S/c18-13-6-1-3-10(7-13)8-14-24-25-15(22-23-16(25)26-14)11-4-2-5-12(9-11)17(19,20)21/h1-7,9H,8H2. The van der Waals surface area contributed by atoms with E-state index < -0.39 is 11.7 Å². The van der Waals surface area contributed by atoms with Crippen LogP contribution in [0.2, 0.25) is 5.02 Å². The fourth-order valence-corrected chi connectivity index (χ4v) is 3.64. The van der Waals surface area contributed by atoms with E-state index in [1.807, 2.05) is 18.2 Å². The topological polar surface area (TPSA) is 43.1 Å². The van der Waals surface area contributed by atoms with Gasteiger partial charge in [0.25, 0.3) is 0 Å². The molecule has 4 rings (SSSR count). The summed E-state index contributed by atoms with van der Waals surface area (Å²) < 4.78 is 40.3. The van der Waals surface area contributed by atoms with Gasteiger partial charge in [0.2, 0.25) is 4.96 Å². The molecule has 0 spiro atoms. The SMILES string of the molecule is FC(F)(F)c1cccc(-c2nnc3sc(Cc4cccc(Cl)c4)nn23)c1. The van der Waals surface area contributed by atoms with Gasteiger partial charge in [-0.3, -0.25) is 0 Å². The average molecular weight is 395 g/mol. The van der Waals surface area contributed by atoms with E-state index in [1.165, 1.54) is 21.9 Å². The van der Waals surface area contributed by atoms with Gasteiger partial charge in [0.15, 0.2) is 5.82 Å². The molecule has 2 heterocycles. The molecule has 0 N–H and O–H groups in total. The van der Waals surface area contributed by atoms with Gasteiger partial charge in [-0.2, -0.15) is 22.8 Å². The minimum Gasteiger partial charge on any atom is -0.183 e. The molecule has 0 aliphatic heterocycles. The number of aromatic nitrogens is 4. The van der Waals surface area contributed by atoms with Crippen LogP contribution in [0.25, 0.3) is 16.3 Å². The van der Waals surface area contributed by atoms with Gasteiger partial charge in [-0.05, 0) is 29.8 Å². The zero-order valence-corrected chi connectivity index (χ0v) is 14.6. The molecule has 0 saturated carbocycles. The van der Waals surface area contributed by atoms with Crippen molar-refractivity contribution in [2.24, 2.45) is 0 Å². The van der Waals surface area contributed by atoms with Gasteiger partial charge >= 0.3 is 6.18 Å². The van der Waals surface area contributed by atoms with E-state index in [1.54, 1.807) is 12.1 Å². The summed E-state index contributed by atoms with van der Waals surface area (Å²) in [6.07, 6.45) is -3.86. The number of halogens is 4. The Bertz CT molecular complexity index is 1090. The Morgan fingerprint density at radius 2 is 1.85 bits per heavy atom. The van der Waals surface area contributed by atoms with Gasteiger partial charge in [0, 0.05) is 17.0 Å². The summed E-state index contributed by atoms with van der Waals surface area (Å²) in [5, 5.41) is 13.9. The van der Waals surface area contributed by atoms with Crippen molar-refractivity contribution in [1.29, 1.82) is 0 Å². The van der Waals surface area contributed by atoms with Gasteiger partial charge in [-0.1, -0.05) is 47.2 Å². The summed E-state index contributed by atoms with van der Waals surface area (Å²) in [7, 11) is 0. The van der Waals surface area contributed by atoms with E-state index in [4.69, 9.17) is 11.6 Å². The first-order chi connectivity index (χ1) is 12.4. The lowest BCUT2D eigenvalue weighted by molar-refractivity contribution is -0.137. The van der Waals surface area contributed by atoms with Crippen molar-refractivity contribution in [3.63, 3.8) is 0 Å². The smallest absolute Gasteiger partial charge is 0.183 e. The Morgan fingerprint density at radius 1 is 1.04 bits per heavy atom. The van der Waals surface area contributed by atoms with Crippen LogP contribution in [0.4, 0.5) is 13.2 Å². The van der Waals surface area contributed by atoms with Crippen molar-refractivity contribution in [2.45, 2.75) is 12.6 Å². The molecular formula is C17H10ClF3N4S. The van der Waals surface area contributed by atoms with Crippen LogP contribution in [-0.4, -0.2) is 19.8 Å². The second-order valence-electron chi connectivity index (χ2n) is 5.60. The van der Waals surface area contributed by atoms with E-state index in [9.17, 15) is 13.2 Å². The summed E-state index contributed by atoms with van der Waals surface area (Å²) >= 11 is 7.33. The van der Waals surface area contributed by atoms with Gasteiger partial charge in [-0.25, -0.2) is 0 Å². The van der Waals surface area contributed by atoms with Gasteiger partial charge in [-0.15, -0.1) is 10.2 Å². The molecule has 4 aromatic rings. The van der Waals surface area contributed by atoms with Crippen LogP contribution < -0.4 is 0 Å². The van der Waals surface area contributed by atoms with E-state index >= 15 is 0 Å². The van der Waals surface area contributed by atoms with Crippen molar-refractivity contribution < 1.29 is 13.2 Å². The first-order valence-corrected chi connectivity index (χ1v) is 8.73. The number of nitrogens with zero attached hydrogens (tertiary/aromatic N) is 4. The molecule has 9 heteroatoms. The lowest BCUT2D eigenvalue weighted by Gasteiger charge is -2.07. The molecule has 0 aliphatic rings. The molecule has 2 aromatic heterocycles. The highest BCUT2D eigenvalue weighted by molar-refractivity contribution is 7.16. The van der Waals surface area contributed by atoms with E-state index in [0.29, 0.717) is 22.0 Å². The number of fused-ring (bicyclic) bond motifs is 1. The maximum Gasteiger partial charge on any atom is 0.416 e. The van der Waals surface area contributed by atoms with Crippen LogP contribution in [-0.2, 0) is 12.6 Å². The molecule has 4 nitrogen and oxygen atoms in total. The maximum atomic E-state index is 12.9. The molecule has 0 saturated heterocycles. The van der Waals surface area contributed by atoms with Crippen LogP contribution in [0.3, 0.4) is 0 Å². The Hall–Kier alpha value is -2.45. The van der Waals surface area contributed by atoms with Crippen molar-refractivity contribution >= 4 is 27.9 Å². The number of rotatable bonds is 3. The summed E-state index contributed by atoms with van der Waals surface area (Å²) in [5.74, 6) is 0.277. The minimum absolute atomic E-state index is 0.277. The fraction of sp³-hybridized carbons (Fsp3) is 0.118. The molecule has 0 aliphatic carbocycles. The number of hydrogen-bond donors (Lipinski definition) is 0. The Kier molecular flexibility index (Phi) is 4.16. The molecule has 0 bridgehead atoms. The monoisotopic (exact) mass is 394 g/mol. The fourth-order valence-electron chi connectivity index (χ4n) is 2.56. The quantitative estimate of drug-likeness (QED) is 0.484. The summed E-state index contributed by atoms with van der Waals surface area (Å²) in [4.78, 5) is 0.523. The van der Waals surface area contributed by atoms with Crippen LogP contribution >= 0.6 is 22.9 Å². The Balaban J connectivity index is 1.71. The van der Waals surface area contributed by atoms with Gasteiger partial charge < -0.3 is 0 Å². The average Bonchev–Trinajstić information content (AvgIpc) is 3.14. The third-order valence-electron chi connectivity index (χ3n) is 3.73. The second-order valence-corrected chi connectivity index (χ2v) is 7.08. The van der Waals surface area contributed by atoms with E-state index in [2.05, 4.69) is 15.3 Å². The Labute approximate surface area is 154 Å². The highest BCUT2D eigenvalue weighted by Crippen LogP contribution is 2.32. The largest absolute Gasteiger partial charge is 0.416 e. The third kappa shape index (κ3) is 3.30. The highest BCUT2D eigenvalue weighted by Gasteiger charge is 2.31. The number of hydrogen-bond acceptors (Lipinski definition) is 4. The number of alkyl halides is 3. The van der Waals surface area contributed by atoms with E-state index in [0.717, 1.165) is 22.7 Å². The summed E-state index contributed by atoms with van der Waals surface area (Å²) in [6.45, 7) is 0. The van der Waals surface area contributed by atoms with Gasteiger partial charge in [0.05, 0.1) is 5.56 Å². The zero-order chi connectivity index (χ0) is 18.3. The summed E-state index contributed by atoms with van der Waals surface area (Å²) in [6, 6.07) is 12.4.